The fourth-order valence-corrected chi connectivity index (χ4v) is 4.83. The van der Waals surface area contributed by atoms with Crippen molar-refractivity contribution >= 4 is 33.0 Å². The second-order valence-electron chi connectivity index (χ2n) is 6.25. The van der Waals surface area contributed by atoms with Crippen LogP contribution in [0.25, 0.3) is 0 Å². The molecule has 124 valence electrons. The third-order valence-electron chi connectivity index (χ3n) is 4.52. The van der Waals surface area contributed by atoms with Crippen molar-refractivity contribution in [2.24, 2.45) is 5.92 Å². The lowest BCUT2D eigenvalue weighted by Gasteiger charge is -2.32. The zero-order chi connectivity index (χ0) is 16.4. The maximum atomic E-state index is 13.1. The molecule has 1 aliphatic carbocycles. The van der Waals surface area contributed by atoms with Gasteiger partial charge < -0.3 is 4.90 Å². The zero-order valence-electron chi connectivity index (χ0n) is 12.8. The number of benzene rings is 1. The van der Waals surface area contributed by atoms with Gasteiger partial charge >= 0.3 is 0 Å². The van der Waals surface area contributed by atoms with Crippen LogP contribution in [0.1, 0.15) is 32.1 Å². The molecule has 1 amide bonds. The highest BCUT2D eigenvalue weighted by Gasteiger charge is 2.35. The van der Waals surface area contributed by atoms with Crippen LogP contribution in [0.5, 0.6) is 0 Å². The number of carbonyl (C=O) groups is 1. The number of rotatable bonds is 3. The molecule has 0 spiro atoms. The van der Waals surface area contributed by atoms with Crippen molar-refractivity contribution in [1.29, 1.82) is 0 Å². The quantitative estimate of drug-likeness (QED) is 0.834. The van der Waals surface area contributed by atoms with E-state index in [1.807, 2.05) is 6.07 Å². The lowest BCUT2D eigenvalue weighted by atomic mass is 9.88. The molecule has 1 fully saturated rings. The predicted octanol–water partition coefficient (Wildman–Crippen LogP) is 3.56. The number of halogens is 1. The van der Waals surface area contributed by atoms with Crippen molar-refractivity contribution in [3.63, 3.8) is 0 Å². The summed E-state index contributed by atoms with van der Waals surface area (Å²) < 4.78 is 23.6. The molecule has 0 aromatic heterocycles. The Bertz CT molecular complexity index is 723. The molecule has 0 N–H and O–H groups in total. The van der Waals surface area contributed by atoms with Crippen LogP contribution >= 0.6 is 11.6 Å². The first-order valence-corrected chi connectivity index (χ1v) is 10.1. The van der Waals surface area contributed by atoms with E-state index in [2.05, 4.69) is 0 Å². The normalized spacial score (nSPS) is 23.8. The smallest absolute Gasteiger partial charge is 0.230 e. The van der Waals surface area contributed by atoms with Gasteiger partial charge in [-0.1, -0.05) is 36.9 Å². The lowest BCUT2D eigenvalue weighted by molar-refractivity contribution is -0.123. The summed E-state index contributed by atoms with van der Waals surface area (Å²) in [4.78, 5) is 14.7. The summed E-state index contributed by atoms with van der Waals surface area (Å²) in [6.45, 7) is 0. The van der Waals surface area contributed by atoms with E-state index >= 15 is 0 Å². The fourth-order valence-electron chi connectivity index (χ4n) is 3.37. The summed E-state index contributed by atoms with van der Waals surface area (Å²) in [5, 5.41) is 1.75. The van der Waals surface area contributed by atoms with E-state index in [4.69, 9.17) is 11.6 Å². The minimum Gasteiger partial charge on any atom is -0.304 e. The van der Waals surface area contributed by atoms with Crippen molar-refractivity contribution < 1.29 is 13.2 Å². The first kappa shape index (κ1) is 16.5. The number of nitrogens with zero attached hydrogens (tertiary/aromatic N) is 1. The van der Waals surface area contributed by atoms with E-state index in [0.29, 0.717) is 10.7 Å². The van der Waals surface area contributed by atoms with Crippen LogP contribution in [0, 0.1) is 5.92 Å². The van der Waals surface area contributed by atoms with Gasteiger partial charge in [-0.05, 0) is 37.1 Å². The SMILES string of the molecule is O=C(C1CCCCC1)N(c1cccc(Cl)c1)[C@@H]1C=CS(=O)(=O)C1. The molecule has 1 aromatic carbocycles. The Morgan fingerprint density at radius 1 is 1.17 bits per heavy atom. The zero-order valence-corrected chi connectivity index (χ0v) is 14.4. The summed E-state index contributed by atoms with van der Waals surface area (Å²) in [5.41, 5.74) is 0.667. The number of hydrogen-bond donors (Lipinski definition) is 0. The minimum atomic E-state index is -3.23. The van der Waals surface area contributed by atoms with E-state index in [0.717, 1.165) is 25.7 Å². The average molecular weight is 354 g/mol. The molecule has 1 aliphatic heterocycles. The van der Waals surface area contributed by atoms with Crippen LogP contribution < -0.4 is 4.90 Å². The highest BCUT2D eigenvalue weighted by molar-refractivity contribution is 7.94. The Morgan fingerprint density at radius 3 is 2.52 bits per heavy atom. The minimum absolute atomic E-state index is 0.0127. The van der Waals surface area contributed by atoms with Gasteiger partial charge in [-0.25, -0.2) is 8.42 Å². The largest absolute Gasteiger partial charge is 0.304 e. The Labute approximate surface area is 142 Å². The van der Waals surface area contributed by atoms with Gasteiger partial charge in [0.2, 0.25) is 5.91 Å². The third-order valence-corrected chi connectivity index (χ3v) is 6.13. The maximum Gasteiger partial charge on any atom is 0.230 e. The van der Waals surface area contributed by atoms with E-state index in [1.165, 1.54) is 11.8 Å². The molecule has 1 aromatic rings. The van der Waals surface area contributed by atoms with Gasteiger partial charge in [0.1, 0.15) is 0 Å². The van der Waals surface area contributed by atoms with Gasteiger partial charge in [0.05, 0.1) is 11.8 Å². The van der Waals surface area contributed by atoms with Crippen LogP contribution in [-0.2, 0) is 14.6 Å². The highest BCUT2D eigenvalue weighted by Crippen LogP contribution is 2.31. The van der Waals surface area contributed by atoms with Crippen LogP contribution in [0.15, 0.2) is 35.7 Å². The number of sulfone groups is 1. The van der Waals surface area contributed by atoms with Gasteiger partial charge in [0.25, 0.3) is 0 Å². The van der Waals surface area contributed by atoms with Crippen molar-refractivity contribution in [3.05, 3.63) is 40.8 Å². The van der Waals surface area contributed by atoms with Gasteiger partial charge in [-0.15, -0.1) is 0 Å². The van der Waals surface area contributed by atoms with E-state index in [1.54, 1.807) is 29.2 Å². The van der Waals surface area contributed by atoms with E-state index < -0.39 is 15.9 Å². The van der Waals surface area contributed by atoms with E-state index in [9.17, 15) is 13.2 Å². The Kier molecular flexibility index (Phi) is 4.78. The molecule has 0 unspecified atom stereocenters. The Morgan fingerprint density at radius 2 is 1.91 bits per heavy atom. The number of carbonyl (C=O) groups excluding carboxylic acids is 1. The van der Waals surface area contributed by atoms with Gasteiger partial charge in [0.15, 0.2) is 9.84 Å². The second-order valence-corrected chi connectivity index (χ2v) is 8.62. The molecule has 1 saturated carbocycles. The highest BCUT2D eigenvalue weighted by atomic mass is 35.5. The van der Waals surface area contributed by atoms with Crippen molar-refractivity contribution in [2.75, 3.05) is 10.7 Å². The Balaban J connectivity index is 1.93. The predicted molar refractivity (Wildman–Crippen MR) is 92.2 cm³/mol. The first-order chi connectivity index (χ1) is 11.0. The summed E-state index contributed by atoms with van der Waals surface area (Å²) in [6.07, 6.45) is 6.63. The van der Waals surface area contributed by atoms with E-state index in [-0.39, 0.29) is 17.6 Å². The lowest BCUT2D eigenvalue weighted by Crippen LogP contribution is -2.45. The van der Waals surface area contributed by atoms with Crippen LogP contribution in [0.2, 0.25) is 5.02 Å². The Hall–Kier alpha value is -1.33. The summed E-state index contributed by atoms with van der Waals surface area (Å²) in [5.74, 6) is -0.0732. The molecule has 0 bridgehead atoms. The average Bonchev–Trinajstić information content (AvgIpc) is 2.88. The number of amides is 1. The molecule has 1 atom stereocenters. The summed E-state index contributed by atoms with van der Waals surface area (Å²) in [6, 6.07) is 6.61. The molecule has 23 heavy (non-hydrogen) atoms. The van der Waals surface area contributed by atoms with Gasteiger partial charge in [-0.2, -0.15) is 0 Å². The maximum absolute atomic E-state index is 13.1. The van der Waals surface area contributed by atoms with Crippen molar-refractivity contribution in [2.45, 2.75) is 38.1 Å². The molecule has 0 saturated heterocycles. The van der Waals surface area contributed by atoms with Crippen molar-refractivity contribution in [3.8, 4) is 0 Å². The standard InChI is InChI=1S/C17H20ClNO3S/c18-14-7-4-8-15(11-14)19(16-9-10-23(21,22)12-16)17(20)13-5-2-1-3-6-13/h4,7-11,13,16H,1-3,5-6,12H2/t16-/m1/s1. The molecular formula is C17H20ClNO3S. The number of hydrogen-bond acceptors (Lipinski definition) is 3. The van der Waals surface area contributed by atoms with Crippen LogP contribution in [0.3, 0.4) is 0 Å². The van der Waals surface area contributed by atoms with Crippen molar-refractivity contribution in [1.82, 2.24) is 0 Å². The summed E-state index contributed by atoms with van der Waals surface area (Å²) in [7, 11) is -3.23. The molecule has 0 radical (unpaired) electrons. The molecule has 2 aliphatic rings. The molecule has 3 rings (SSSR count). The van der Waals surface area contributed by atoms with Gasteiger partial charge in [-0.3, -0.25) is 4.79 Å². The monoisotopic (exact) mass is 353 g/mol. The molecule has 6 heteroatoms. The fraction of sp³-hybridized carbons (Fsp3) is 0.471. The second kappa shape index (κ2) is 6.65. The summed E-state index contributed by atoms with van der Waals surface area (Å²) >= 11 is 6.07. The molecular weight excluding hydrogens is 334 g/mol. The first-order valence-electron chi connectivity index (χ1n) is 7.96. The topological polar surface area (TPSA) is 54.5 Å². The van der Waals surface area contributed by atoms with Crippen LogP contribution in [0.4, 0.5) is 5.69 Å². The molecule has 4 nitrogen and oxygen atoms in total. The van der Waals surface area contributed by atoms with Gasteiger partial charge in [0, 0.05) is 22.0 Å². The van der Waals surface area contributed by atoms with Crippen LogP contribution in [-0.4, -0.2) is 26.1 Å². The molecule has 1 heterocycles. The third kappa shape index (κ3) is 3.78. The number of anilines is 1.